The molecule has 118 valence electrons. The zero-order chi connectivity index (χ0) is 16.6. The highest BCUT2D eigenvalue weighted by atomic mass is 32.1. The van der Waals surface area contributed by atoms with Crippen LogP contribution in [0.25, 0.3) is 11.3 Å². The monoisotopic (exact) mass is 326 g/mol. The van der Waals surface area contributed by atoms with E-state index in [4.69, 9.17) is 4.42 Å². The van der Waals surface area contributed by atoms with Crippen LogP contribution in [0.1, 0.15) is 32.8 Å². The van der Waals surface area contributed by atoms with Crippen LogP contribution >= 0.6 is 11.3 Å². The van der Waals surface area contributed by atoms with Gasteiger partial charge in [-0.05, 0) is 56.5 Å². The molecule has 1 amide bonds. The van der Waals surface area contributed by atoms with Crippen LogP contribution in [0, 0.1) is 27.7 Å². The quantitative estimate of drug-likeness (QED) is 0.745. The van der Waals surface area contributed by atoms with E-state index in [0.717, 1.165) is 11.3 Å². The lowest BCUT2D eigenvalue weighted by Crippen LogP contribution is -2.11. The third-order valence-corrected chi connectivity index (χ3v) is 4.70. The summed E-state index contributed by atoms with van der Waals surface area (Å²) in [5.74, 6) is 0.401. The molecule has 2 aromatic heterocycles. The number of hydrogen-bond acceptors (Lipinski definition) is 4. The van der Waals surface area contributed by atoms with Gasteiger partial charge in [0.05, 0.1) is 17.5 Å². The molecule has 0 saturated heterocycles. The summed E-state index contributed by atoms with van der Waals surface area (Å²) >= 11 is 1.42. The van der Waals surface area contributed by atoms with Crippen molar-refractivity contribution in [2.24, 2.45) is 0 Å². The lowest BCUT2D eigenvalue weighted by molar-refractivity contribution is 0.102. The lowest BCUT2D eigenvalue weighted by Gasteiger charge is -2.07. The fourth-order valence-corrected chi connectivity index (χ4v) is 3.18. The first-order valence-corrected chi connectivity index (χ1v) is 8.23. The first-order chi connectivity index (χ1) is 11.0. The van der Waals surface area contributed by atoms with E-state index in [9.17, 15) is 4.79 Å². The maximum Gasteiger partial charge on any atom is 0.260 e. The second kappa shape index (κ2) is 6.01. The number of aryl methyl sites for hydroxylation is 4. The number of benzene rings is 1. The molecule has 0 aliphatic heterocycles. The highest BCUT2D eigenvalue weighted by Crippen LogP contribution is 2.29. The SMILES string of the molecule is Cc1cc(C)c(-c2csc(NC(=O)c3ccoc3C)n2)cc1C. The smallest absolute Gasteiger partial charge is 0.260 e. The molecule has 23 heavy (non-hydrogen) atoms. The van der Waals surface area contributed by atoms with Crippen LogP contribution in [0.3, 0.4) is 0 Å². The average molecular weight is 326 g/mol. The summed E-state index contributed by atoms with van der Waals surface area (Å²) in [5.41, 5.74) is 6.20. The average Bonchev–Trinajstić information content (AvgIpc) is 3.12. The maximum atomic E-state index is 12.2. The summed E-state index contributed by atoms with van der Waals surface area (Å²) in [5, 5.41) is 5.38. The van der Waals surface area contributed by atoms with Crippen molar-refractivity contribution in [1.29, 1.82) is 0 Å². The van der Waals surface area contributed by atoms with Crippen LogP contribution in [-0.4, -0.2) is 10.9 Å². The first kappa shape index (κ1) is 15.5. The number of carbonyl (C=O) groups excluding carboxylic acids is 1. The van der Waals surface area contributed by atoms with Gasteiger partial charge in [0.2, 0.25) is 0 Å². The minimum absolute atomic E-state index is 0.200. The normalized spacial score (nSPS) is 10.8. The van der Waals surface area contributed by atoms with E-state index < -0.39 is 0 Å². The van der Waals surface area contributed by atoms with Crippen molar-refractivity contribution in [2.45, 2.75) is 27.7 Å². The summed E-state index contributed by atoms with van der Waals surface area (Å²) in [4.78, 5) is 16.8. The van der Waals surface area contributed by atoms with Gasteiger partial charge in [-0.3, -0.25) is 10.1 Å². The van der Waals surface area contributed by atoms with Crippen molar-refractivity contribution in [2.75, 3.05) is 5.32 Å². The standard InChI is InChI=1S/C18H18N2O2S/c1-10-7-12(3)15(8-11(10)2)16-9-23-18(19-16)20-17(21)14-5-6-22-13(14)4/h5-9H,1-4H3,(H,19,20,21). The molecule has 5 heteroatoms. The number of anilines is 1. The Bertz CT molecular complexity index is 877. The summed E-state index contributed by atoms with van der Waals surface area (Å²) in [6.07, 6.45) is 1.51. The Hall–Kier alpha value is -2.40. The van der Waals surface area contributed by atoms with Crippen molar-refractivity contribution in [3.8, 4) is 11.3 Å². The van der Waals surface area contributed by atoms with Crippen LogP contribution in [0.4, 0.5) is 5.13 Å². The number of amides is 1. The molecular formula is C18H18N2O2S. The minimum Gasteiger partial charge on any atom is -0.469 e. The molecule has 0 bridgehead atoms. The molecule has 0 radical (unpaired) electrons. The number of nitrogens with one attached hydrogen (secondary N) is 1. The summed E-state index contributed by atoms with van der Waals surface area (Å²) in [7, 11) is 0. The minimum atomic E-state index is -0.200. The zero-order valence-electron chi connectivity index (χ0n) is 13.6. The lowest BCUT2D eigenvalue weighted by atomic mass is 9.99. The fraction of sp³-hybridized carbons (Fsp3) is 0.222. The highest BCUT2D eigenvalue weighted by molar-refractivity contribution is 7.14. The number of carbonyl (C=O) groups is 1. The molecular weight excluding hydrogens is 308 g/mol. The van der Waals surface area contributed by atoms with E-state index >= 15 is 0 Å². The Morgan fingerprint density at radius 1 is 1.13 bits per heavy atom. The number of rotatable bonds is 3. The topological polar surface area (TPSA) is 55.1 Å². The van der Waals surface area contributed by atoms with Crippen molar-refractivity contribution < 1.29 is 9.21 Å². The van der Waals surface area contributed by atoms with Gasteiger partial charge >= 0.3 is 0 Å². The first-order valence-electron chi connectivity index (χ1n) is 7.35. The Morgan fingerprint density at radius 3 is 2.57 bits per heavy atom. The van der Waals surface area contributed by atoms with Gasteiger partial charge < -0.3 is 4.42 Å². The van der Waals surface area contributed by atoms with Crippen LogP contribution in [0.2, 0.25) is 0 Å². The van der Waals surface area contributed by atoms with E-state index in [-0.39, 0.29) is 5.91 Å². The second-order valence-electron chi connectivity index (χ2n) is 5.63. The predicted molar refractivity (Wildman–Crippen MR) is 93.2 cm³/mol. The summed E-state index contributed by atoms with van der Waals surface area (Å²) < 4.78 is 5.16. The van der Waals surface area contributed by atoms with Gasteiger partial charge in [0.1, 0.15) is 5.76 Å². The van der Waals surface area contributed by atoms with E-state index in [1.165, 1.54) is 34.3 Å². The number of aromatic nitrogens is 1. The van der Waals surface area contributed by atoms with Crippen molar-refractivity contribution >= 4 is 22.4 Å². The van der Waals surface area contributed by atoms with Crippen LogP contribution < -0.4 is 5.32 Å². The van der Waals surface area contributed by atoms with E-state index in [1.807, 2.05) is 5.38 Å². The Labute approximate surface area is 139 Å². The molecule has 2 heterocycles. The highest BCUT2D eigenvalue weighted by Gasteiger charge is 2.14. The molecule has 1 N–H and O–H groups in total. The van der Waals surface area contributed by atoms with Gasteiger partial charge in [-0.2, -0.15) is 0 Å². The van der Waals surface area contributed by atoms with Crippen molar-refractivity contribution in [3.63, 3.8) is 0 Å². The third-order valence-electron chi connectivity index (χ3n) is 3.94. The summed E-state index contributed by atoms with van der Waals surface area (Å²) in [6, 6.07) is 5.97. The fourth-order valence-electron chi connectivity index (χ4n) is 2.48. The van der Waals surface area contributed by atoms with Crippen LogP contribution in [0.5, 0.6) is 0 Å². The number of furan rings is 1. The molecule has 0 spiro atoms. The van der Waals surface area contributed by atoms with Gasteiger partial charge in [-0.15, -0.1) is 11.3 Å². The zero-order valence-corrected chi connectivity index (χ0v) is 14.4. The Balaban J connectivity index is 1.85. The molecule has 3 aromatic rings. The third kappa shape index (κ3) is 3.05. The number of thiazole rings is 1. The van der Waals surface area contributed by atoms with E-state index in [0.29, 0.717) is 16.5 Å². The molecule has 3 rings (SSSR count). The molecule has 0 aliphatic carbocycles. The van der Waals surface area contributed by atoms with Gasteiger partial charge in [0.25, 0.3) is 5.91 Å². The largest absolute Gasteiger partial charge is 0.469 e. The second-order valence-corrected chi connectivity index (χ2v) is 6.49. The molecule has 0 saturated carbocycles. The molecule has 0 unspecified atom stereocenters. The Kier molecular flexibility index (Phi) is 4.05. The Morgan fingerprint density at radius 2 is 1.87 bits per heavy atom. The van der Waals surface area contributed by atoms with Crippen molar-refractivity contribution in [3.05, 3.63) is 57.9 Å². The molecule has 0 atom stereocenters. The van der Waals surface area contributed by atoms with Crippen LogP contribution in [-0.2, 0) is 0 Å². The molecule has 0 fully saturated rings. The van der Waals surface area contributed by atoms with E-state index in [1.54, 1.807) is 13.0 Å². The van der Waals surface area contributed by atoms with Crippen LogP contribution in [0.15, 0.2) is 34.3 Å². The van der Waals surface area contributed by atoms with Gasteiger partial charge in [0.15, 0.2) is 5.13 Å². The molecule has 0 aliphatic rings. The van der Waals surface area contributed by atoms with Gasteiger partial charge in [-0.1, -0.05) is 6.07 Å². The number of nitrogens with zero attached hydrogens (tertiary/aromatic N) is 1. The van der Waals surface area contributed by atoms with Crippen molar-refractivity contribution in [1.82, 2.24) is 4.98 Å². The maximum absolute atomic E-state index is 12.2. The van der Waals surface area contributed by atoms with E-state index in [2.05, 4.69) is 43.2 Å². The van der Waals surface area contributed by atoms with Gasteiger partial charge in [-0.25, -0.2) is 4.98 Å². The molecule has 1 aromatic carbocycles. The molecule has 4 nitrogen and oxygen atoms in total. The summed E-state index contributed by atoms with van der Waals surface area (Å²) in [6.45, 7) is 8.04. The number of hydrogen-bond donors (Lipinski definition) is 1. The van der Waals surface area contributed by atoms with Gasteiger partial charge in [0, 0.05) is 10.9 Å². The predicted octanol–water partition coefficient (Wildman–Crippen LogP) is 4.89.